The smallest absolute Gasteiger partial charge is 0.407 e. The predicted molar refractivity (Wildman–Crippen MR) is 86.8 cm³/mol. The van der Waals surface area contributed by atoms with E-state index in [2.05, 4.69) is 10.6 Å². The summed E-state index contributed by atoms with van der Waals surface area (Å²) in [4.78, 5) is 11.8. The maximum absolute atomic E-state index is 11.8. The van der Waals surface area contributed by atoms with Crippen LogP contribution in [0.2, 0.25) is 0 Å². The minimum atomic E-state index is -0.444. The first kappa shape index (κ1) is 17.5. The van der Waals surface area contributed by atoms with Crippen molar-refractivity contribution in [3.8, 4) is 0 Å². The van der Waals surface area contributed by atoms with Crippen molar-refractivity contribution in [1.82, 2.24) is 10.6 Å². The Hall–Kier alpha value is -0.810. The molecule has 0 aliphatic heterocycles. The lowest BCUT2D eigenvalue weighted by atomic mass is 9.91. The average molecular weight is 312 g/mol. The molecule has 2 rings (SSSR count). The summed E-state index contributed by atoms with van der Waals surface area (Å²) in [5.41, 5.74) is -0.444. The molecule has 3 N–H and O–H groups in total. The summed E-state index contributed by atoms with van der Waals surface area (Å²) in [6.07, 6.45) is 7.06. The van der Waals surface area contributed by atoms with Gasteiger partial charge in [0, 0.05) is 18.6 Å². The van der Waals surface area contributed by atoms with Crippen molar-refractivity contribution in [3.05, 3.63) is 0 Å². The quantitative estimate of drug-likeness (QED) is 0.746. The molecular weight excluding hydrogens is 280 g/mol. The van der Waals surface area contributed by atoms with E-state index in [4.69, 9.17) is 4.74 Å². The first-order valence-electron chi connectivity index (χ1n) is 8.74. The number of rotatable bonds is 4. The molecule has 2 fully saturated rings. The van der Waals surface area contributed by atoms with Crippen LogP contribution in [0.4, 0.5) is 4.79 Å². The Morgan fingerprint density at radius 1 is 1.14 bits per heavy atom. The number of hydrogen-bond donors (Lipinski definition) is 3. The summed E-state index contributed by atoms with van der Waals surface area (Å²) >= 11 is 0. The standard InChI is InChI=1S/C17H32N2O3/c1-17(2,3)22-16(21)18-11-12-5-4-6-15(12)19-13-7-9-14(20)10-8-13/h12-15,19-20H,4-11H2,1-3H3,(H,18,21). The molecule has 2 saturated carbocycles. The molecular formula is C17H32N2O3. The van der Waals surface area contributed by atoms with Crippen LogP contribution in [0.15, 0.2) is 0 Å². The van der Waals surface area contributed by atoms with Gasteiger partial charge in [-0.05, 0) is 65.2 Å². The van der Waals surface area contributed by atoms with Gasteiger partial charge < -0.3 is 20.5 Å². The fraction of sp³-hybridized carbons (Fsp3) is 0.941. The van der Waals surface area contributed by atoms with Crippen LogP contribution in [0, 0.1) is 5.92 Å². The highest BCUT2D eigenvalue weighted by Crippen LogP contribution is 2.28. The molecule has 0 heterocycles. The number of aliphatic hydroxyl groups is 1. The summed E-state index contributed by atoms with van der Waals surface area (Å²) in [5, 5.41) is 16.3. The van der Waals surface area contributed by atoms with Gasteiger partial charge in [-0.1, -0.05) is 6.42 Å². The number of carbonyl (C=O) groups is 1. The van der Waals surface area contributed by atoms with E-state index >= 15 is 0 Å². The first-order valence-corrected chi connectivity index (χ1v) is 8.74. The first-order chi connectivity index (χ1) is 10.3. The largest absolute Gasteiger partial charge is 0.444 e. The molecule has 2 atom stereocenters. The maximum Gasteiger partial charge on any atom is 0.407 e. The third-order valence-electron chi connectivity index (χ3n) is 4.71. The highest BCUT2D eigenvalue weighted by atomic mass is 16.6. The van der Waals surface area contributed by atoms with Gasteiger partial charge in [0.1, 0.15) is 5.60 Å². The zero-order valence-corrected chi connectivity index (χ0v) is 14.2. The minimum absolute atomic E-state index is 0.105. The topological polar surface area (TPSA) is 70.6 Å². The Bertz CT molecular complexity index is 359. The maximum atomic E-state index is 11.8. The fourth-order valence-corrected chi connectivity index (χ4v) is 3.57. The van der Waals surface area contributed by atoms with E-state index in [0.29, 0.717) is 24.5 Å². The van der Waals surface area contributed by atoms with Crippen molar-refractivity contribution in [3.63, 3.8) is 0 Å². The molecule has 0 bridgehead atoms. The van der Waals surface area contributed by atoms with Gasteiger partial charge in [0.25, 0.3) is 0 Å². The highest BCUT2D eigenvalue weighted by molar-refractivity contribution is 5.67. The molecule has 5 heteroatoms. The van der Waals surface area contributed by atoms with Crippen LogP contribution in [0.3, 0.4) is 0 Å². The lowest BCUT2D eigenvalue weighted by Crippen LogP contribution is -2.46. The van der Waals surface area contributed by atoms with Crippen molar-refractivity contribution in [1.29, 1.82) is 0 Å². The molecule has 2 aliphatic rings. The number of amides is 1. The molecule has 0 aromatic carbocycles. The second-order valence-corrected chi connectivity index (χ2v) is 7.85. The van der Waals surface area contributed by atoms with E-state index in [-0.39, 0.29) is 12.2 Å². The molecule has 5 nitrogen and oxygen atoms in total. The Morgan fingerprint density at radius 2 is 1.82 bits per heavy atom. The van der Waals surface area contributed by atoms with Crippen LogP contribution in [0.1, 0.15) is 65.7 Å². The molecule has 0 saturated heterocycles. The van der Waals surface area contributed by atoms with E-state index in [9.17, 15) is 9.90 Å². The van der Waals surface area contributed by atoms with Crippen LogP contribution in [-0.4, -0.2) is 41.5 Å². The normalized spacial score (nSPS) is 32.7. The van der Waals surface area contributed by atoms with Crippen LogP contribution in [0.25, 0.3) is 0 Å². The van der Waals surface area contributed by atoms with E-state index in [0.717, 1.165) is 32.1 Å². The molecule has 0 radical (unpaired) electrons. The van der Waals surface area contributed by atoms with Crippen molar-refractivity contribution >= 4 is 6.09 Å². The number of nitrogens with one attached hydrogen (secondary N) is 2. The summed E-state index contributed by atoms with van der Waals surface area (Å²) in [6.45, 7) is 6.32. The van der Waals surface area contributed by atoms with E-state index < -0.39 is 5.60 Å². The Morgan fingerprint density at radius 3 is 2.45 bits per heavy atom. The van der Waals surface area contributed by atoms with Gasteiger partial charge in [0.15, 0.2) is 0 Å². The Balaban J connectivity index is 1.72. The number of alkyl carbamates (subject to hydrolysis) is 1. The van der Waals surface area contributed by atoms with Crippen molar-refractivity contribution in [2.24, 2.45) is 5.92 Å². The monoisotopic (exact) mass is 312 g/mol. The zero-order valence-electron chi connectivity index (χ0n) is 14.2. The molecule has 1 amide bonds. The summed E-state index contributed by atoms with van der Waals surface area (Å²) in [5.74, 6) is 0.486. The second kappa shape index (κ2) is 7.64. The minimum Gasteiger partial charge on any atom is -0.444 e. The van der Waals surface area contributed by atoms with Crippen molar-refractivity contribution < 1.29 is 14.6 Å². The van der Waals surface area contributed by atoms with Crippen LogP contribution in [-0.2, 0) is 4.74 Å². The van der Waals surface area contributed by atoms with E-state index in [1.807, 2.05) is 20.8 Å². The number of ether oxygens (including phenoxy) is 1. The van der Waals surface area contributed by atoms with Gasteiger partial charge in [-0.25, -0.2) is 4.79 Å². The molecule has 0 spiro atoms. The lowest BCUT2D eigenvalue weighted by molar-refractivity contribution is 0.0515. The number of carbonyl (C=O) groups excluding carboxylic acids is 1. The summed E-state index contributed by atoms with van der Waals surface area (Å²) in [6, 6.07) is 1.01. The van der Waals surface area contributed by atoms with E-state index in [1.54, 1.807) is 0 Å². The molecule has 2 unspecified atom stereocenters. The fourth-order valence-electron chi connectivity index (χ4n) is 3.57. The van der Waals surface area contributed by atoms with Crippen molar-refractivity contribution in [2.75, 3.05) is 6.54 Å². The SMILES string of the molecule is CC(C)(C)OC(=O)NCC1CCCC1NC1CCC(O)CC1. The van der Waals surface area contributed by atoms with Gasteiger partial charge in [0.2, 0.25) is 0 Å². The van der Waals surface area contributed by atoms with Crippen LogP contribution in [0.5, 0.6) is 0 Å². The zero-order chi connectivity index (χ0) is 16.2. The Kier molecular flexibility index (Phi) is 6.09. The van der Waals surface area contributed by atoms with Crippen molar-refractivity contribution in [2.45, 2.75) is 89.5 Å². The Labute approximate surface area is 134 Å². The third-order valence-corrected chi connectivity index (χ3v) is 4.71. The third kappa shape index (κ3) is 5.76. The van der Waals surface area contributed by atoms with Gasteiger partial charge in [0.05, 0.1) is 6.10 Å². The van der Waals surface area contributed by atoms with Crippen LogP contribution >= 0.6 is 0 Å². The van der Waals surface area contributed by atoms with Gasteiger partial charge in [-0.2, -0.15) is 0 Å². The van der Waals surface area contributed by atoms with Crippen LogP contribution < -0.4 is 10.6 Å². The predicted octanol–water partition coefficient (Wildman–Crippen LogP) is 2.57. The van der Waals surface area contributed by atoms with E-state index in [1.165, 1.54) is 12.8 Å². The van der Waals surface area contributed by atoms with Gasteiger partial charge in [-0.3, -0.25) is 0 Å². The molecule has 0 aromatic rings. The molecule has 22 heavy (non-hydrogen) atoms. The van der Waals surface area contributed by atoms with Gasteiger partial charge in [-0.15, -0.1) is 0 Å². The number of hydrogen-bond acceptors (Lipinski definition) is 4. The number of aliphatic hydroxyl groups excluding tert-OH is 1. The molecule has 2 aliphatic carbocycles. The summed E-state index contributed by atoms with van der Waals surface area (Å²) in [7, 11) is 0. The average Bonchev–Trinajstić information content (AvgIpc) is 2.84. The second-order valence-electron chi connectivity index (χ2n) is 7.85. The molecule has 128 valence electrons. The summed E-state index contributed by atoms with van der Waals surface area (Å²) < 4.78 is 5.30. The molecule has 0 aromatic heterocycles. The lowest BCUT2D eigenvalue weighted by Gasteiger charge is -2.31. The highest BCUT2D eigenvalue weighted by Gasteiger charge is 2.31. The van der Waals surface area contributed by atoms with Gasteiger partial charge >= 0.3 is 6.09 Å².